The van der Waals surface area contributed by atoms with Gasteiger partial charge in [-0.05, 0) is 17.7 Å². The molecule has 4 N–H and O–H groups in total. The molecular weight excluding hydrogens is 351 g/mol. The minimum absolute atomic E-state index is 0.0354. The molecular formula is C12H11BrF3N5. The zero-order valence-corrected chi connectivity index (χ0v) is 12.2. The molecule has 0 bridgehead atoms. The lowest BCUT2D eigenvalue weighted by Crippen LogP contribution is -2.17. The summed E-state index contributed by atoms with van der Waals surface area (Å²) in [4.78, 5) is 6.70. The van der Waals surface area contributed by atoms with Crippen molar-refractivity contribution in [3.63, 3.8) is 0 Å². The van der Waals surface area contributed by atoms with Crippen molar-refractivity contribution in [3.05, 3.63) is 46.2 Å². The Morgan fingerprint density at radius 3 is 2.29 bits per heavy atom. The summed E-state index contributed by atoms with van der Waals surface area (Å²) in [6, 6.07) is 8.65. The van der Waals surface area contributed by atoms with Gasteiger partial charge in [-0.2, -0.15) is 13.2 Å². The van der Waals surface area contributed by atoms with Crippen molar-refractivity contribution in [2.75, 3.05) is 10.7 Å². The van der Waals surface area contributed by atoms with Crippen LogP contribution in [0.4, 0.5) is 24.8 Å². The maximum Gasteiger partial charge on any atom is 0.451 e. The zero-order chi connectivity index (χ0) is 15.5. The number of anilines is 2. The smallest absolute Gasteiger partial charge is 0.366 e. The molecule has 0 unspecified atom stereocenters. The number of halogens is 4. The second kappa shape index (κ2) is 6.27. The van der Waals surface area contributed by atoms with E-state index in [0.717, 1.165) is 10.0 Å². The number of hydrazine groups is 1. The summed E-state index contributed by atoms with van der Waals surface area (Å²) in [5, 5.41) is 2.81. The van der Waals surface area contributed by atoms with Gasteiger partial charge in [-0.1, -0.05) is 28.1 Å². The van der Waals surface area contributed by atoms with Gasteiger partial charge in [-0.15, -0.1) is 0 Å². The van der Waals surface area contributed by atoms with Crippen LogP contribution in [0.5, 0.6) is 0 Å². The lowest BCUT2D eigenvalue weighted by atomic mass is 10.2. The van der Waals surface area contributed by atoms with E-state index >= 15 is 0 Å². The summed E-state index contributed by atoms with van der Waals surface area (Å²) in [5.41, 5.74) is 2.98. The van der Waals surface area contributed by atoms with Gasteiger partial charge in [-0.3, -0.25) is 0 Å². The predicted octanol–water partition coefficient (Wildman–Crippen LogP) is 3.16. The molecule has 9 heteroatoms. The third-order valence-electron chi connectivity index (χ3n) is 2.51. The van der Waals surface area contributed by atoms with Crippen LogP contribution in [0.25, 0.3) is 0 Å². The predicted molar refractivity (Wildman–Crippen MR) is 76.3 cm³/mol. The highest BCUT2D eigenvalue weighted by atomic mass is 79.9. The molecule has 0 saturated heterocycles. The van der Waals surface area contributed by atoms with E-state index in [0.29, 0.717) is 6.54 Å². The Balaban J connectivity index is 2.17. The second-order valence-corrected chi connectivity index (χ2v) is 5.00. The van der Waals surface area contributed by atoms with Crippen LogP contribution in [-0.2, 0) is 12.7 Å². The van der Waals surface area contributed by atoms with Crippen LogP contribution in [0.2, 0.25) is 0 Å². The Hall–Kier alpha value is -1.87. The van der Waals surface area contributed by atoms with Gasteiger partial charge < -0.3 is 10.7 Å². The molecule has 1 aromatic carbocycles. The van der Waals surface area contributed by atoms with Gasteiger partial charge in [0.1, 0.15) is 11.6 Å². The number of nitrogens with one attached hydrogen (secondary N) is 2. The van der Waals surface area contributed by atoms with Gasteiger partial charge in [0.2, 0.25) is 5.82 Å². The standard InChI is InChI=1S/C12H11BrF3N5/c13-8-3-1-7(2-4-8)6-18-9-5-10(21-17)20-11(19-9)12(14,15)16/h1-5H,6,17H2,(H2,18,19,20,21). The summed E-state index contributed by atoms with van der Waals surface area (Å²) in [7, 11) is 0. The molecule has 0 aliphatic carbocycles. The van der Waals surface area contributed by atoms with Crippen LogP contribution in [0.15, 0.2) is 34.8 Å². The van der Waals surface area contributed by atoms with E-state index in [9.17, 15) is 13.2 Å². The molecule has 0 atom stereocenters. The van der Waals surface area contributed by atoms with Crippen molar-refractivity contribution in [3.8, 4) is 0 Å². The molecule has 0 aliphatic heterocycles. The number of nitrogens with two attached hydrogens (primary N) is 1. The van der Waals surface area contributed by atoms with Crippen molar-refractivity contribution < 1.29 is 13.2 Å². The normalized spacial score (nSPS) is 11.3. The average molecular weight is 362 g/mol. The van der Waals surface area contributed by atoms with Crippen LogP contribution in [0.1, 0.15) is 11.4 Å². The van der Waals surface area contributed by atoms with Crippen molar-refractivity contribution in [1.29, 1.82) is 0 Å². The first-order chi connectivity index (χ1) is 9.88. The van der Waals surface area contributed by atoms with Crippen LogP contribution in [0, 0.1) is 0 Å². The molecule has 21 heavy (non-hydrogen) atoms. The fourth-order valence-electron chi connectivity index (χ4n) is 1.53. The van der Waals surface area contributed by atoms with Crippen molar-refractivity contribution in [2.45, 2.75) is 12.7 Å². The van der Waals surface area contributed by atoms with E-state index in [1.807, 2.05) is 24.3 Å². The average Bonchev–Trinajstić information content (AvgIpc) is 2.45. The van der Waals surface area contributed by atoms with Crippen LogP contribution >= 0.6 is 15.9 Å². The molecule has 0 saturated carbocycles. The van der Waals surface area contributed by atoms with Crippen molar-refractivity contribution >= 4 is 27.6 Å². The van der Waals surface area contributed by atoms with Gasteiger partial charge in [-0.25, -0.2) is 15.8 Å². The van der Waals surface area contributed by atoms with E-state index in [4.69, 9.17) is 5.84 Å². The number of aromatic nitrogens is 2. The zero-order valence-electron chi connectivity index (χ0n) is 10.6. The van der Waals surface area contributed by atoms with Crippen LogP contribution in [0.3, 0.4) is 0 Å². The topological polar surface area (TPSA) is 75.9 Å². The van der Waals surface area contributed by atoms with E-state index in [-0.39, 0.29) is 11.6 Å². The third kappa shape index (κ3) is 4.30. The van der Waals surface area contributed by atoms with Gasteiger partial charge in [0.05, 0.1) is 0 Å². The van der Waals surface area contributed by atoms with Gasteiger partial charge in [0.25, 0.3) is 0 Å². The van der Waals surface area contributed by atoms with Crippen molar-refractivity contribution in [1.82, 2.24) is 9.97 Å². The monoisotopic (exact) mass is 361 g/mol. The first-order valence-corrected chi connectivity index (χ1v) is 6.59. The summed E-state index contributed by atoms with van der Waals surface area (Å²) in [6.45, 7) is 0.325. The molecule has 5 nitrogen and oxygen atoms in total. The maximum absolute atomic E-state index is 12.7. The molecule has 0 radical (unpaired) electrons. The summed E-state index contributed by atoms with van der Waals surface area (Å²) < 4.78 is 38.9. The number of benzene rings is 1. The lowest BCUT2D eigenvalue weighted by molar-refractivity contribution is -0.144. The molecule has 1 heterocycles. The molecule has 0 aliphatic rings. The van der Waals surface area contributed by atoms with Gasteiger partial charge >= 0.3 is 6.18 Å². The number of rotatable bonds is 4. The highest BCUT2D eigenvalue weighted by Gasteiger charge is 2.35. The molecule has 2 rings (SSSR count). The van der Waals surface area contributed by atoms with E-state index < -0.39 is 12.0 Å². The number of hydrogen-bond donors (Lipinski definition) is 3. The Morgan fingerprint density at radius 2 is 1.71 bits per heavy atom. The molecule has 1 aromatic heterocycles. The van der Waals surface area contributed by atoms with E-state index in [1.54, 1.807) is 0 Å². The summed E-state index contributed by atoms with van der Waals surface area (Å²) in [5.74, 6) is 3.78. The first kappa shape index (κ1) is 15.5. The summed E-state index contributed by atoms with van der Waals surface area (Å²) in [6.07, 6.45) is -4.64. The van der Waals surface area contributed by atoms with Crippen LogP contribution in [-0.4, -0.2) is 9.97 Å². The van der Waals surface area contributed by atoms with E-state index in [2.05, 4.69) is 36.6 Å². The van der Waals surface area contributed by atoms with Crippen molar-refractivity contribution in [2.24, 2.45) is 5.84 Å². The molecule has 0 spiro atoms. The molecule has 0 amide bonds. The fourth-order valence-corrected chi connectivity index (χ4v) is 1.80. The maximum atomic E-state index is 12.7. The third-order valence-corrected chi connectivity index (χ3v) is 3.04. The number of hydrogen-bond acceptors (Lipinski definition) is 5. The van der Waals surface area contributed by atoms with Gasteiger partial charge in [0.15, 0.2) is 0 Å². The number of nitrogen functional groups attached to an aromatic ring is 1. The minimum Gasteiger partial charge on any atom is -0.366 e. The quantitative estimate of drug-likeness (QED) is 0.576. The summed E-state index contributed by atoms with van der Waals surface area (Å²) >= 11 is 3.30. The Labute approximate surface area is 126 Å². The minimum atomic E-state index is -4.64. The van der Waals surface area contributed by atoms with E-state index in [1.165, 1.54) is 6.07 Å². The highest BCUT2D eigenvalue weighted by Crippen LogP contribution is 2.28. The first-order valence-electron chi connectivity index (χ1n) is 5.79. The fraction of sp³-hybridized carbons (Fsp3) is 0.167. The largest absolute Gasteiger partial charge is 0.451 e. The highest BCUT2D eigenvalue weighted by molar-refractivity contribution is 9.10. The molecule has 0 fully saturated rings. The Morgan fingerprint density at radius 1 is 1.10 bits per heavy atom. The number of alkyl halides is 3. The number of nitrogens with zero attached hydrogens (tertiary/aromatic N) is 2. The SMILES string of the molecule is NNc1cc(NCc2ccc(Br)cc2)nc(C(F)(F)F)n1. The molecule has 112 valence electrons. The van der Waals surface area contributed by atoms with Gasteiger partial charge in [0, 0.05) is 17.1 Å². The molecule has 2 aromatic rings. The van der Waals surface area contributed by atoms with Crippen LogP contribution < -0.4 is 16.6 Å². The Bertz CT molecular complexity index is 615. The second-order valence-electron chi connectivity index (χ2n) is 4.08. The Kier molecular flexibility index (Phi) is 4.63. The lowest BCUT2D eigenvalue weighted by Gasteiger charge is -2.11.